The third kappa shape index (κ3) is 5.91. The normalized spacial score (nSPS) is 22.7. The van der Waals surface area contributed by atoms with Crippen LogP contribution in [0.1, 0.15) is 56.8 Å². The highest BCUT2D eigenvalue weighted by Crippen LogP contribution is 2.32. The van der Waals surface area contributed by atoms with Gasteiger partial charge in [0.15, 0.2) is 0 Å². The maximum Gasteiger partial charge on any atom is 0.319 e. The highest BCUT2D eigenvalue weighted by atomic mass is 16.5. The van der Waals surface area contributed by atoms with Crippen LogP contribution in [0.5, 0.6) is 5.75 Å². The smallest absolute Gasteiger partial charge is 0.319 e. The van der Waals surface area contributed by atoms with Crippen molar-refractivity contribution in [3.63, 3.8) is 0 Å². The van der Waals surface area contributed by atoms with Crippen LogP contribution in [-0.2, 0) is 9.53 Å². The minimum atomic E-state index is -0.331. The van der Waals surface area contributed by atoms with Crippen molar-refractivity contribution < 1.29 is 23.9 Å². The molecule has 0 bridgehead atoms. The van der Waals surface area contributed by atoms with E-state index >= 15 is 0 Å². The zero-order valence-electron chi connectivity index (χ0n) is 19.3. The summed E-state index contributed by atoms with van der Waals surface area (Å²) >= 11 is 0. The average molecular weight is 447 g/mol. The van der Waals surface area contributed by atoms with Gasteiger partial charge >= 0.3 is 6.03 Å². The van der Waals surface area contributed by atoms with E-state index < -0.39 is 0 Å². The van der Waals surface area contributed by atoms with Crippen molar-refractivity contribution in [3.05, 3.63) is 23.8 Å². The van der Waals surface area contributed by atoms with Crippen molar-refractivity contribution in [2.75, 3.05) is 25.5 Å². The van der Waals surface area contributed by atoms with Crippen molar-refractivity contribution in [1.29, 1.82) is 0 Å². The molecule has 2 aliphatic rings. The largest absolute Gasteiger partial charge is 0.490 e. The Balaban J connectivity index is 1.70. The number of urea groups is 1. The molecule has 0 aromatic heterocycles. The zero-order valence-corrected chi connectivity index (χ0v) is 19.3. The zero-order chi connectivity index (χ0) is 23.3. The number of hydrogen-bond donors (Lipinski definition) is 3. The minimum absolute atomic E-state index is 0.000203. The average Bonchev–Trinajstić information content (AvgIpc) is 2.74. The molecule has 2 aliphatic heterocycles. The Morgan fingerprint density at radius 3 is 2.75 bits per heavy atom. The number of carbonyl (C=O) groups is 3. The van der Waals surface area contributed by atoms with Crippen LogP contribution in [0.2, 0.25) is 0 Å². The molecule has 0 saturated carbocycles. The molecule has 0 spiro atoms. The Morgan fingerprint density at radius 1 is 1.25 bits per heavy atom. The predicted molar refractivity (Wildman–Crippen MR) is 121 cm³/mol. The Morgan fingerprint density at radius 2 is 2.03 bits per heavy atom. The summed E-state index contributed by atoms with van der Waals surface area (Å²) in [5.41, 5.74) is 0.914. The van der Waals surface area contributed by atoms with Gasteiger partial charge in [0, 0.05) is 25.3 Å². The topological polar surface area (TPSA) is 109 Å². The first-order valence-electron chi connectivity index (χ1n) is 11.3. The molecule has 1 aromatic carbocycles. The van der Waals surface area contributed by atoms with Gasteiger partial charge in [-0.25, -0.2) is 4.79 Å². The molecule has 32 heavy (non-hydrogen) atoms. The molecule has 3 N–H and O–H groups in total. The number of ether oxygens (including phenoxy) is 2. The lowest BCUT2D eigenvalue weighted by Gasteiger charge is -2.42. The summed E-state index contributed by atoms with van der Waals surface area (Å²) in [6, 6.07) is 4.55. The maximum absolute atomic E-state index is 13.2. The van der Waals surface area contributed by atoms with Gasteiger partial charge in [0.1, 0.15) is 18.5 Å². The molecule has 9 nitrogen and oxygen atoms in total. The van der Waals surface area contributed by atoms with Gasteiger partial charge in [-0.1, -0.05) is 6.92 Å². The van der Waals surface area contributed by atoms with E-state index in [2.05, 4.69) is 16.0 Å². The number of hydrogen-bond acceptors (Lipinski definition) is 5. The van der Waals surface area contributed by atoms with E-state index in [0.717, 1.165) is 12.8 Å². The molecule has 0 aliphatic carbocycles. The summed E-state index contributed by atoms with van der Waals surface area (Å²) in [6.45, 7) is 6.69. The van der Waals surface area contributed by atoms with E-state index in [-0.39, 0.29) is 48.7 Å². The Bertz CT molecular complexity index is 844. The molecule has 4 amide bonds. The van der Waals surface area contributed by atoms with Gasteiger partial charge in [-0.3, -0.25) is 9.59 Å². The molecular formula is C23H34N4O5. The number of carbonyl (C=O) groups excluding carboxylic acids is 3. The monoisotopic (exact) mass is 446 g/mol. The molecule has 9 heteroatoms. The summed E-state index contributed by atoms with van der Waals surface area (Å²) in [5, 5.41) is 8.39. The number of rotatable bonds is 6. The van der Waals surface area contributed by atoms with Crippen LogP contribution in [0.25, 0.3) is 0 Å². The summed E-state index contributed by atoms with van der Waals surface area (Å²) in [4.78, 5) is 39.0. The van der Waals surface area contributed by atoms with E-state index in [1.807, 2.05) is 20.8 Å². The molecule has 1 fully saturated rings. The summed E-state index contributed by atoms with van der Waals surface area (Å²) < 4.78 is 12.1. The molecule has 176 valence electrons. The van der Waals surface area contributed by atoms with E-state index in [4.69, 9.17) is 9.47 Å². The van der Waals surface area contributed by atoms with Gasteiger partial charge in [-0.15, -0.1) is 0 Å². The van der Waals surface area contributed by atoms with Crippen LogP contribution in [0.3, 0.4) is 0 Å². The fourth-order valence-electron chi connectivity index (χ4n) is 4.08. The van der Waals surface area contributed by atoms with Crippen LogP contribution in [0.4, 0.5) is 10.5 Å². The van der Waals surface area contributed by atoms with Crippen molar-refractivity contribution >= 4 is 23.5 Å². The van der Waals surface area contributed by atoms with Crippen molar-refractivity contribution in [3.8, 4) is 5.75 Å². The number of likely N-dealkylation sites (N-methyl/N-ethyl adjacent to an activating group) is 1. The number of nitrogens with zero attached hydrogens (tertiary/aromatic N) is 1. The van der Waals surface area contributed by atoms with Crippen molar-refractivity contribution in [1.82, 2.24) is 15.5 Å². The highest BCUT2D eigenvalue weighted by Gasteiger charge is 2.39. The Labute approximate surface area is 189 Å². The van der Waals surface area contributed by atoms with Crippen LogP contribution >= 0.6 is 0 Å². The quantitative estimate of drug-likeness (QED) is 0.622. The Hall–Kier alpha value is -2.81. The number of fused-ring (bicyclic) bond motifs is 2. The molecular weight excluding hydrogens is 412 g/mol. The first-order valence-corrected chi connectivity index (χ1v) is 11.3. The van der Waals surface area contributed by atoms with Gasteiger partial charge < -0.3 is 30.3 Å². The van der Waals surface area contributed by atoms with Gasteiger partial charge in [-0.05, 0) is 51.3 Å². The lowest BCUT2D eigenvalue weighted by molar-refractivity contribution is -0.134. The lowest BCUT2D eigenvalue weighted by Crippen LogP contribution is -2.54. The summed E-state index contributed by atoms with van der Waals surface area (Å²) in [5.74, 6) is 0.241. The highest BCUT2D eigenvalue weighted by molar-refractivity contribution is 5.99. The second kappa shape index (κ2) is 10.7. The summed E-state index contributed by atoms with van der Waals surface area (Å²) in [6.07, 6.45) is 2.12. The number of nitrogens with one attached hydrogen (secondary N) is 3. The van der Waals surface area contributed by atoms with Crippen molar-refractivity contribution in [2.24, 2.45) is 0 Å². The molecule has 3 rings (SSSR count). The molecule has 0 unspecified atom stereocenters. The maximum atomic E-state index is 13.2. The van der Waals surface area contributed by atoms with Gasteiger partial charge in [-0.2, -0.15) is 0 Å². The molecule has 1 aromatic rings. The number of amides is 4. The predicted octanol–water partition coefficient (Wildman–Crippen LogP) is 2.51. The second-order valence-electron chi connectivity index (χ2n) is 8.69. The van der Waals surface area contributed by atoms with Gasteiger partial charge in [0.25, 0.3) is 5.91 Å². The van der Waals surface area contributed by atoms with Gasteiger partial charge in [0.2, 0.25) is 5.91 Å². The van der Waals surface area contributed by atoms with E-state index in [9.17, 15) is 14.4 Å². The van der Waals surface area contributed by atoms with E-state index in [0.29, 0.717) is 36.4 Å². The van der Waals surface area contributed by atoms with E-state index in [1.165, 1.54) is 0 Å². The first-order chi connectivity index (χ1) is 15.3. The van der Waals surface area contributed by atoms with Crippen LogP contribution in [0, 0.1) is 0 Å². The lowest BCUT2D eigenvalue weighted by atomic mass is 9.94. The fraction of sp³-hybridized carbons (Fsp3) is 0.609. The van der Waals surface area contributed by atoms with Crippen molar-refractivity contribution in [2.45, 2.75) is 70.7 Å². The molecule has 3 atom stereocenters. The first kappa shape index (κ1) is 23.8. The van der Waals surface area contributed by atoms with E-state index in [1.54, 1.807) is 30.1 Å². The number of anilines is 1. The number of benzene rings is 1. The molecule has 1 saturated heterocycles. The van der Waals surface area contributed by atoms with Gasteiger partial charge in [0.05, 0.1) is 24.1 Å². The third-order valence-corrected chi connectivity index (χ3v) is 5.67. The second-order valence-corrected chi connectivity index (χ2v) is 8.69. The standard InChI is InChI=1S/C23H34N4O5/c1-5-10-24-21(28)12-16-7-8-18-20(32-16)13-31-19-9-6-15(26-23(30)25-14(2)3)11-17(19)22(29)27(18)4/h6,9,11,14,16,18,20H,5,7-8,10,12-13H2,1-4H3,(H,24,28)(H2,25,26,30)/t16-,18+,20+/m0/s1. The van der Waals surface area contributed by atoms with Crippen LogP contribution in [-0.4, -0.2) is 67.2 Å². The van der Waals surface area contributed by atoms with Crippen LogP contribution in [0.15, 0.2) is 18.2 Å². The Kier molecular flexibility index (Phi) is 7.95. The fourth-order valence-corrected chi connectivity index (χ4v) is 4.08. The minimum Gasteiger partial charge on any atom is -0.490 e. The summed E-state index contributed by atoms with van der Waals surface area (Å²) in [7, 11) is 1.76. The SMILES string of the molecule is CCCNC(=O)C[C@@H]1CC[C@@H]2[C@@H](COc3ccc(NC(=O)NC(C)C)cc3C(=O)N2C)O1. The third-order valence-electron chi connectivity index (χ3n) is 5.67. The van der Waals surface area contributed by atoms with Crippen LogP contribution < -0.4 is 20.7 Å². The molecule has 0 radical (unpaired) electrons. The molecule has 2 heterocycles.